The first-order chi connectivity index (χ1) is 8.47. The topological polar surface area (TPSA) is 9.23 Å². The summed E-state index contributed by atoms with van der Waals surface area (Å²) >= 11 is 3.58. The number of aryl methyl sites for hydroxylation is 2. The van der Waals surface area contributed by atoms with Crippen molar-refractivity contribution < 1.29 is 4.74 Å². The summed E-state index contributed by atoms with van der Waals surface area (Å²) in [6.07, 6.45) is 2.39. The molecule has 2 rings (SSSR count). The predicted molar refractivity (Wildman–Crippen MR) is 80.2 cm³/mol. The molecule has 0 fully saturated rings. The number of halogens is 1. The zero-order valence-corrected chi connectivity index (χ0v) is 13.2. The molecule has 18 heavy (non-hydrogen) atoms. The zero-order chi connectivity index (χ0) is 13.3. The van der Waals surface area contributed by atoms with Gasteiger partial charge in [-0.15, -0.1) is 0 Å². The van der Waals surface area contributed by atoms with Gasteiger partial charge in [0.25, 0.3) is 0 Å². The maximum absolute atomic E-state index is 5.96. The Hall–Kier alpha value is -0.760. The second-order valence-corrected chi connectivity index (χ2v) is 6.31. The van der Waals surface area contributed by atoms with Crippen LogP contribution in [0.4, 0.5) is 0 Å². The number of hydrogen-bond donors (Lipinski definition) is 0. The molecule has 1 aliphatic rings. The SMILES string of the molecule is CC1=C(C)CC(COc2cc(C)c(Br)c(C)c2)C1. The highest BCUT2D eigenvalue weighted by atomic mass is 79.9. The van der Waals surface area contributed by atoms with Gasteiger partial charge in [0.2, 0.25) is 0 Å². The minimum absolute atomic E-state index is 0.661. The van der Waals surface area contributed by atoms with Gasteiger partial charge in [-0.2, -0.15) is 0 Å². The molecule has 0 aliphatic heterocycles. The second kappa shape index (κ2) is 5.48. The van der Waals surface area contributed by atoms with Crippen LogP contribution in [0.5, 0.6) is 5.75 Å². The van der Waals surface area contributed by atoms with Gasteiger partial charge in [0, 0.05) is 10.4 Å². The molecule has 0 spiro atoms. The lowest BCUT2D eigenvalue weighted by Crippen LogP contribution is -2.09. The Morgan fingerprint density at radius 3 is 2.06 bits per heavy atom. The number of allylic oxidation sites excluding steroid dienone is 2. The standard InChI is InChI=1S/C16H21BrO/c1-10-5-14(6-11(10)2)9-18-15-7-12(3)16(17)13(4)8-15/h7-8,14H,5-6,9H2,1-4H3. The average molecular weight is 309 g/mol. The fourth-order valence-electron chi connectivity index (χ4n) is 2.61. The van der Waals surface area contributed by atoms with Crippen molar-refractivity contribution in [2.75, 3.05) is 6.61 Å². The Morgan fingerprint density at radius 1 is 1.06 bits per heavy atom. The number of rotatable bonds is 3. The third-order valence-corrected chi connectivity index (χ3v) is 5.06. The average Bonchev–Trinajstić information content (AvgIpc) is 2.63. The Kier molecular flexibility index (Phi) is 4.16. The molecule has 0 heterocycles. The molecule has 0 aromatic heterocycles. The molecular formula is C16H21BrO. The molecule has 2 heteroatoms. The van der Waals surface area contributed by atoms with Crippen molar-refractivity contribution in [3.8, 4) is 5.75 Å². The second-order valence-electron chi connectivity index (χ2n) is 5.52. The molecule has 0 saturated carbocycles. The normalized spacial score (nSPS) is 16.5. The molecule has 98 valence electrons. The van der Waals surface area contributed by atoms with Crippen LogP contribution in [-0.4, -0.2) is 6.61 Å². The molecule has 0 amide bonds. The van der Waals surface area contributed by atoms with Crippen molar-refractivity contribution in [3.05, 3.63) is 38.9 Å². The first-order valence-electron chi connectivity index (χ1n) is 6.52. The minimum Gasteiger partial charge on any atom is -0.493 e. The van der Waals surface area contributed by atoms with Crippen molar-refractivity contribution in [2.45, 2.75) is 40.5 Å². The van der Waals surface area contributed by atoms with Crippen molar-refractivity contribution in [1.82, 2.24) is 0 Å². The summed E-state index contributed by atoms with van der Waals surface area (Å²) in [5.41, 5.74) is 5.57. The van der Waals surface area contributed by atoms with E-state index in [-0.39, 0.29) is 0 Å². The molecular weight excluding hydrogens is 288 g/mol. The maximum Gasteiger partial charge on any atom is 0.119 e. The van der Waals surface area contributed by atoms with E-state index in [1.165, 1.54) is 28.4 Å². The quantitative estimate of drug-likeness (QED) is 0.698. The van der Waals surface area contributed by atoms with E-state index in [2.05, 4.69) is 55.8 Å². The maximum atomic E-state index is 5.96. The van der Waals surface area contributed by atoms with Gasteiger partial charge in [-0.1, -0.05) is 27.1 Å². The van der Waals surface area contributed by atoms with E-state index in [0.29, 0.717) is 5.92 Å². The van der Waals surface area contributed by atoms with Crippen LogP contribution in [0.1, 0.15) is 37.8 Å². The van der Waals surface area contributed by atoms with Gasteiger partial charge in [0.1, 0.15) is 5.75 Å². The van der Waals surface area contributed by atoms with Gasteiger partial charge in [0.05, 0.1) is 6.61 Å². The minimum atomic E-state index is 0.661. The highest BCUT2D eigenvalue weighted by Gasteiger charge is 2.19. The molecule has 0 atom stereocenters. The molecule has 0 radical (unpaired) electrons. The fourth-order valence-corrected chi connectivity index (χ4v) is 2.84. The van der Waals surface area contributed by atoms with Crippen molar-refractivity contribution in [2.24, 2.45) is 5.92 Å². The number of hydrogen-bond acceptors (Lipinski definition) is 1. The molecule has 1 nitrogen and oxygen atoms in total. The van der Waals surface area contributed by atoms with Crippen LogP contribution >= 0.6 is 15.9 Å². The van der Waals surface area contributed by atoms with E-state index in [1.54, 1.807) is 11.1 Å². The smallest absolute Gasteiger partial charge is 0.119 e. The fraction of sp³-hybridized carbons (Fsp3) is 0.500. The molecule has 1 aromatic carbocycles. The Labute approximate surface area is 118 Å². The van der Waals surface area contributed by atoms with Crippen LogP contribution in [0.15, 0.2) is 27.8 Å². The zero-order valence-electron chi connectivity index (χ0n) is 11.6. The van der Waals surface area contributed by atoms with E-state index in [9.17, 15) is 0 Å². The Balaban J connectivity index is 1.96. The lowest BCUT2D eigenvalue weighted by molar-refractivity contribution is 0.253. The van der Waals surface area contributed by atoms with E-state index < -0.39 is 0 Å². The molecule has 1 aliphatic carbocycles. The number of ether oxygens (including phenoxy) is 1. The van der Waals surface area contributed by atoms with Gasteiger partial charge in [0.15, 0.2) is 0 Å². The summed E-state index contributed by atoms with van der Waals surface area (Å²) in [6.45, 7) is 9.52. The Morgan fingerprint density at radius 2 is 1.56 bits per heavy atom. The summed E-state index contributed by atoms with van der Waals surface area (Å²) in [6, 6.07) is 4.22. The van der Waals surface area contributed by atoms with Crippen LogP contribution < -0.4 is 4.74 Å². The van der Waals surface area contributed by atoms with E-state index in [1.807, 2.05) is 0 Å². The lowest BCUT2D eigenvalue weighted by atomic mass is 10.1. The summed E-state index contributed by atoms with van der Waals surface area (Å²) in [5, 5.41) is 0. The highest BCUT2D eigenvalue weighted by Crippen LogP contribution is 2.32. The van der Waals surface area contributed by atoms with Crippen molar-refractivity contribution in [3.63, 3.8) is 0 Å². The molecule has 0 saturated heterocycles. The predicted octanol–water partition coefficient (Wildman–Crippen LogP) is 5.19. The van der Waals surface area contributed by atoms with Crippen molar-refractivity contribution in [1.29, 1.82) is 0 Å². The molecule has 1 aromatic rings. The molecule has 0 unspecified atom stereocenters. The molecule has 0 bridgehead atoms. The van der Waals surface area contributed by atoms with Gasteiger partial charge < -0.3 is 4.74 Å². The van der Waals surface area contributed by atoms with Gasteiger partial charge in [-0.25, -0.2) is 0 Å². The van der Waals surface area contributed by atoms with E-state index in [0.717, 1.165) is 12.4 Å². The first-order valence-corrected chi connectivity index (χ1v) is 7.31. The van der Waals surface area contributed by atoms with Crippen molar-refractivity contribution >= 4 is 15.9 Å². The van der Waals surface area contributed by atoms with Crippen LogP contribution in [0.3, 0.4) is 0 Å². The monoisotopic (exact) mass is 308 g/mol. The van der Waals surface area contributed by atoms with Gasteiger partial charge in [-0.05, 0) is 63.8 Å². The lowest BCUT2D eigenvalue weighted by Gasteiger charge is -2.14. The van der Waals surface area contributed by atoms with Crippen LogP contribution in [-0.2, 0) is 0 Å². The summed E-state index contributed by atoms with van der Waals surface area (Å²) < 4.78 is 7.14. The third kappa shape index (κ3) is 2.97. The molecule has 0 N–H and O–H groups in total. The van der Waals surface area contributed by atoms with Crippen LogP contribution in [0, 0.1) is 19.8 Å². The largest absolute Gasteiger partial charge is 0.493 e. The van der Waals surface area contributed by atoms with E-state index in [4.69, 9.17) is 4.74 Å². The summed E-state index contributed by atoms with van der Waals surface area (Å²) in [7, 11) is 0. The third-order valence-electron chi connectivity index (χ3n) is 3.81. The first kappa shape index (κ1) is 13.7. The summed E-state index contributed by atoms with van der Waals surface area (Å²) in [4.78, 5) is 0. The van der Waals surface area contributed by atoms with Gasteiger partial charge in [-0.3, -0.25) is 0 Å². The number of benzene rings is 1. The van der Waals surface area contributed by atoms with Gasteiger partial charge >= 0.3 is 0 Å². The van der Waals surface area contributed by atoms with Crippen LogP contribution in [0.25, 0.3) is 0 Å². The highest BCUT2D eigenvalue weighted by molar-refractivity contribution is 9.10. The van der Waals surface area contributed by atoms with E-state index >= 15 is 0 Å². The van der Waals surface area contributed by atoms with Crippen LogP contribution in [0.2, 0.25) is 0 Å². The summed E-state index contributed by atoms with van der Waals surface area (Å²) in [5.74, 6) is 1.66. The Bertz CT molecular complexity index is 451.